The molecule has 0 aromatic heterocycles. The standard InChI is InChI=1S/C15H17N.C4H8O2/c1-12-7-6-10-15(13(12)2)16-11-14-8-4-3-5-9-14;1-2-3-4(5)6/h3-10,16H,11H2,1-2H3;2-3H2,1H3,(H,5,6). The summed E-state index contributed by atoms with van der Waals surface area (Å²) in [6, 6.07) is 16.8. The van der Waals surface area contributed by atoms with E-state index >= 15 is 0 Å². The van der Waals surface area contributed by atoms with Gasteiger partial charge in [-0.05, 0) is 43.0 Å². The number of hydrogen-bond acceptors (Lipinski definition) is 2. The average Bonchev–Trinajstić information content (AvgIpc) is 2.50. The molecule has 0 atom stereocenters. The number of carbonyl (C=O) groups is 1. The van der Waals surface area contributed by atoms with Crippen molar-refractivity contribution in [1.82, 2.24) is 0 Å². The summed E-state index contributed by atoms with van der Waals surface area (Å²) in [5.41, 5.74) is 5.20. The van der Waals surface area contributed by atoms with Crippen molar-refractivity contribution in [3.05, 3.63) is 65.2 Å². The van der Waals surface area contributed by atoms with Crippen LogP contribution in [-0.4, -0.2) is 11.1 Å². The molecule has 0 radical (unpaired) electrons. The van der Waals surface area contributed by atoms with Gasteiger partial charge in [-0.2, -0.15) is 0 Å². The van der Waals surface area contributed by atoms with Gasteiger partial charge < -0.3 is 10.4 Å². The van der Waals surface area contributed by atoms with Crippen LogP contribution in [0.25, 0.3) is 0 Å². The van der Waals surface area contributed by atoms with E-state index in [1.807, 2.05) is 13.0 Å². The summed E-state index contributed by atoms with van der Waals surface area (Å²) < 4.78 is 0. The molecule has 2 aromatic carbocycles. The molecule has 2 rings (SSSR count). The van der Waals surface area contributed by atoms with Crippen LogP contribution in [-0.2, 0) is 11.3 Å². The smallest absolute Gasteiger partial charge is 0.303 e. The number of hydrogen-bond donors (Lipinski definition) is 2. The molecule has 118 valence electrons. The highest BCUT2D eigenvalue weighted by Gasteiger charge is 1.99. The second kappa shape index (κ2) is 9.61. The van der Waals surface area contributed by atoms with Gasteiger partial charge in [-0.15, -0.1) is 0 Å². The zero-order valence-corrected chi connectivity index (χ0v) is 13.6. The van der Waals surface area contributed by atoms with Crippen molar-refractivity contribution in [1.29, 1.82) is 0 Å². The molecule has 0 bridgehead atoms. The Kier molecular flexibility index (Phi) is 7.76. The van der Waals surface area contributed by atoms with Crippen molar-refractivity contribution in [2.75, 3.05) is 5.32 Å². The molecule has 3 heteroatoms. The predicted molar refractivity (Wildman–Crippen MR) is 92.2 cm³/mol. The summed E-state index contributed by atoms with van der Waals surface area (Å²) in [6.45, 7) is 7.02. The Hall–Kier alpha value is -2.29. The predicted octanol–water partition coefficient (Wildman–Crippen LogP) is 4.79. The van der Waals surface area contributed by atoms with Crippen LogP contribution in [0.2, 0.25) is 0 Å². The van der Waals surface area contributed by atoms with Crippen molar-refractivity contribution >= 4 is 11.7 Å². The van der Waals surface area contributed by atoms with Gasteiger partial charge in [-0.3, -0.25) is 4.79 Å². The first kappa shape index (κ1) is 17.8. The Morgan fingerprint density at radius 2 is 1.73 bits per heavy atom. The maximum Gasteiger partial charge on any atom is 0.303 e. The molecule has 0 unspecified atom stereocenters. The number of rotatable bonds is 5. The zero-order chi connectivity index (χ0) is 16.4. The third-order valence-electron chi connectivity index (χ3n) is 3.39. The third-order valence-corrected chi connectivity index (χ3v) is 3.39. The topological polar surface area (TPSA) is 49.3 Å². The van der Waals surface area contributed by atoms with Crippen LogP contribution in [0.15, 0.2) is 48.5 Å². The molecule has 0 aliphatic rings. The van der Waals surface area contributed by atoms with Gasteiger partial charge in [0.1, 0.15) is 0 Å². The minimum atomic E-state index is -0.711. The normalized spacial score (nSPS) is 9.59. The number of aliphatic carboxylic acids is 1. The van der Waals surface area contributed by atoms with Crippen LogP contribution >= 0.6 is 0 Å². The molecule has 0 saturated carbocycles. The Bertz CT molecular complexity index is 579. The number of benzene rings is 2. The highest BCUT2D eigenvalue weighted by molar-refractivity contribution is 5.66. The average molecular weight is 299 g/mol. The summed E-state index contributed by atoms with van der Waals surface area (Å²) in [6.07, 6.45) is 1.02. The van der Waals surface area contributed by atoms with Crippen LogP contribution in [0.4, 0.5) is 5.69 Å². The van der Waals surface area contributed by atoms with Gasteiger partial charge in [0, 0.05) is 18.7 Å². The van der Waals surface area contributed by atoms with Crippen LogP contribution in [0.1, 0.15) is 36.5 Å². The lowest BCUT2D eigenvalue weighted by atomic mass is 10.1. The van der Waals surface area contributed by atoms with E-state index in [1.165, 1.54) is 22.4 Å². The minimum absolute atomic E-state index is 0.292. The van der Waals surface area contributed by atoms with Crippen LogP contribution in [0.3, 0.4) is 0 Å². The van der Waals surface area contributed by atoms with Gasteiger partial charge in [0.05, 0.1) is 0 Å². The molecular weight excluding hydrogens is 274 g/mol. The molecule has 0 heterocycles. The lowest BCUT2D eigenvalue weighted by Gasteiger charge is -2.11. The Balaban J connectivity index is 0.000000346. The van der Waals surface area contributed by atoms with Crippen LogP contribution in [0, 0.1) is 13.8 Å². The number of anilines is 1. The fraction of sp³-hybridized carbons (Fsp3) is 0.316. The lowest BCUT2D eigenvalue weighted by molar-refractivity contribution is -0.137. The van der Waals surface area contributed by atoms with E-state index in [9.17, 15) is 4.79 Å². The highest BCUT2D eigenvalue weighted by atomic mass is 16.4. The second-order valence-corrected chi connectivity index (χ2v) is 5.23. The molecule has 3 nitrogen and oxygen atoms in total. The zero-order valence-electron chi connectivity index (χ0n) is 13.6. The molecule has 0 aliphatic carbocycles. The first-order valence-corrected chi connectivity index (χ1v) is 7.60. The number of carboxylic acids is 1. The summed E-state index contributed by atoms with van der Waals surface area (Å²) in [5, 5.41) is 11.4. The quantitative estimate of drug-likeness (QED) is 0.834. The summed E-state index contributed by atoms with van der Waals surface area (Å²) in [7, 11) is 0. The Morgan fingerprint density at radius 1 is 1.05 bits per heavy atom. The Labute approximate surface area is 133 Å². The molecule has 0 saturated heterocycles. The lowest BCUT2D eigenvalue weighted by Crippen LogP contribution is -2.01. The number of carboxylic acid groups (broad SMARTS) is 1. The van der Waals surface area contributed by atoms with Gasteiger partial charge >= 0.3 is 5.97 Å². The van der Waals surface area contributed by atoms with Crippen LogP contribution < -0.4 is 5.32 Å². The minimum Gasteiger partial charge on any atom is -0.481 e. The maximum atomic E-state index is 9.60. The van der Waals surface area contributed by atoms with E-state index in [0.29, 0.717) is 6.42 Å². The number of nitrogens with one attached hydrogen (secondary N) is 1. The molecule has 22 heavy (non-hydrogen) atoms. The molecule has 0 fully saturated rings. The van der Waals surface area contributed by atoms with Gasteiger partial charge in [0.25, 0.3) is 0 Å². The molecule has 0 amide bonds. The fourth-order valence-electron chi connectivity index (χ4n) is 1.95. The van der Waals surface area contributed by atoms with E-state index in [0.717, 1.165) is 13.0 Å². The van der Waals surface area contributed by atoms with E-state index < -0.39 is 5.97 Å². The number of aryl methyl sites for hydroxylation is 1. The molecule has 2 N–H and O–H groups in total. The van der Waals surface area contributed by atoms with Crippen molar-refractivity contribution in [2.24, 2.45) is 0 Å². The van der Waals surface area contributed by atoms with E-state index in [4.69, 9.17) is 5.11 Å². The van der Waals surface area contributed by atoms with Crippen molar-refractivity contribution in [3.63, 3.8) is 0 Å². The van der Waals surface area contributed by atoms with E-state index in [2.05, 4.69) is 61.6 Å². The Morgan fingerprint density at radius 3 is 2.27 bits per heavy atom. The maximum absolute atomic E-state index is 9.60. The molecule has 2 aromatic rings. The molecular formula is C19H25NO2. The SMILES string of the molecule is CCCC(=O)O.Cc1cccc(NCc2ccccc2)c1C. The van der Waals surface area contributed by atoms with Crippen molar-refractivity contribution < 1.29 is 9.90 Å². The summed E-state index contributed by atoms with van der Waals surface area (Å²) in [4.78, 5) is 9.60. The highest BCUT2D eigenvalue weighted by Crippen LogP contribution is 2.18. The van der Waals surface area contributed by atoms with E-state index in [1.54, 1.807) is 0 Å². The fourth-order valence-corrected chi connectivity index (χ4v) is 1.95. The third kappa shape index (κ3) is 6.44. The largest absolute Gasteiger partial charge is 0.481 e. The van der Waals surface area contributed by atoms with Gasteiger partial charge in [0.2, 0.25) is 0 Å². The van der Waals surface area contributed by atoms with Gasteiger partial charge in [0.15, 0.2) is 0 Å². The van der Waals surface area contributed by atoms with Gasteiger partial charge in [-0.25, -0.2) is 0 Å². The van der Waals surface area contributed by atoms with E-state index in [-0.39, 0.29) is 0 Å². The van der Waals surface area contributed by atoms with Gasteiger partial charge in [-0.1, -0.05) is 49.4 Å². The monoisotopic (exact) mass is 299 g/mol. The molecule has 0 aliphatic heterocycles. The second-order valence-electron chi connectivity index (χ2n) is 5.23. The van der Waals surface area contributed by atoms with Crippen molar-refractivity contribution in [3.8, 4) is 0 Å². The van der Waals surface area contributed by atoms with Crippen molar-refractivity contribution in [2.45, 2.75) is 40.2 Å². The first-order chi connectivity index (χ1) is 10.5. The summed E-state index contributed by atoms with van der Waals surface area (Å²) >= 11 is 0. The first-order valence-electron chi connectivity index (χ1n) is 7.60. The summed E-state index contributed by atoms with van der Waals surface area (Å²) in [5.74, 6) is -0.711. The van der Waals surface area contributed by atoms with Crippen LogP contribution in [0.5, 0.6) is 0 Å². The molecule has 0 spiro atoms.